The molecule has 1 saturated carbocycles. The highest BCUT2D eigenvalue weighted by atomic mass is 35.5. The summed E-state index contributed by atoms with van der Waals surface area (Å²) in [4.78, 5) is 11.8. The summed E-state index contributed by atoms with van der Waals surface area (Å²) in [6, 6.07) is 5.42. The minimum atomic E-state index is 0.0676. The van der Waals surface area contributed by atoms with Gasteiger partial charge in [0.15, 0.2) is 0 Å². The summed E-state index contributed by atoms with van der Waals surface area (Å²) >= 11 is 14.2. The first kappa shape index (κ1) is 17.0. The van der Waals surface area contributed by atoms with Crippen molar-refractivity contribution >= 4 is 40.9 Å². The van der Waals surface area contributed by atoms with E-state index in [1.807, 2.05) is 17.8 Å². The van der Waals surface area contributed by atoms with Gasteiger partial charge in [-0.1, -0.05) is 42.1 Å². The lowest BCUT2D eigenvalue weighted by molar-refractivity contribution is -0.120. The molecular weight excluding hydrogens is 325 g/mol. The quantitative estimate of drug-likeness (QED) is 0.724. The minimum absolute atomic E-state index is 0.0676. The lowest BCUT2D eigenvalue weighted by atomic mass is 10.1. The molecule has 0 heterocycles. The third kappa shape index (κ3) is 5.72. The van der Waals surface area contributed by atoms with Crippen LogP contribution < -0.4 is 5.32 Å². The van der Waals surface area contributed by atoms with E-state index in [0.717, 1.165) is 23.1 Å². The van der Waals surface area contributed by atoms with E-state index in [4.69, 9.17) is 23.2 Å². The lowest BCUT2D eigenvalue weighted by Crippen LogP contribution is -2.26. The first-order chi connectivity index (χ1) is 10.2. The Kier molecular flexibility index (Phi) is 7.21. The van der Waals surface area contributed by atoms with Gasteiger partial charge in [-0.25, -0.2) is 0 Å². The van der Waals surface area contributed by atoms with Crippen LogP contribution in [0.2, 0.25) is 10.0 Å². The van der Waals surface area contributed by atoms with E-state index in [-0.39, 0.29) is 5.91 Å². The summed E-state index contributed by atoms with van der Waals surface area (Å²) in [6.45, 7) is 0.746. The monoisotopic (exact) mass is 345 g/mol. The molecule has 2 rings (SSSR count). The number of amides is 1. The van der Waals surface area contributed by atoms with Gasteiger partial charge in [0, 0.05) is 34.0 Å². The van der Waals surface area contributed by atoms with Crippen LogP contribution in [0.15, 0.2) is 18.2 Å². The van der Waals surface area contributed by atoms with E-state index in [9.17, 15) is 4.79 Å². The standard InChI is InChI=1S/C16H21Cl2NOS/c17-14-6-3-7-15(18)13(14)8-9-16(20)19-10-11-21-12-4-1-2-5-12/h3,6-7,12H,1-2,4-5,8-11H2,(H,19,20). The van der Waals surface area contributed by atoms with Crippen molar-refractivity contribution in [1.82, 2.24) is 5.32 Å². The molecule has 1 aromatic carbocycles. The predicted molar refractivity (Wildman–Crippen MR) is 92.5 cm³/mol. The Morgan fingerprint density at radius 1 is 1.24 bits per heavy atom. The fraction of sp³-hybridized carbons (Fsp3) is 0.562. The second kappa shape index (κ2) is 8.92. The van der Waals surface area contributed by atoms with Gasteiger partial charge in [0.05, 0.1) is 0 Å². The molecule has 0 radical (unpaired) electrons. The Bertz CT molecular complexity index is 455. The van der Waals surface area contributed by atoms with Crippen molar-refractivity contribution in [3.05, 3.63) is 33.8 Å². The van der Waals surface area contributed by atoms with Gasteiger partial charge in [0.25, 0.3) is 0 Å². The van der Waals surface area contributed by atoms with Crippen molar-refractivity contribution in [1.29, 1.82) is 0 Å². The van der Waals surface area contributed by atoms with Crippen LogP contribution in [0.3, 0.4) is 0 Å². The minimum Gasteiger partial charge on any atom is -0.355 e. The summed E-state index contributed by atoms with van der Waals surface area (Å²) in [5.41, 5.74) is 0.858. The first-order valence-electron chi connectivity index (χ1n) is 7.48. The topological polar surface area (TPSA) is 29.1 Å². The molecule has 1 aliphatic carbocycles. The van der Waals surface area contributed by atoms with Gasteiger partial charge in [-0.2, -0.15) is 11.8 Å². The smallest absolute Gasteiger partial charge is 0.220 e. The molecular formula is C16H21Cl2NOS. The van der Waals surface area contributed by atoms with Crippen LogP contribution in [0.5, 0.6) is 0 Å². The van der Waals surface area contributed by atoms with E-state index in [1.165, 1.54) is 25.7 Å². The Balaban J connectivity index is 1.63. The zero-order chi connectivity index (χ0) is 15.1. The predicted octanol–water partition coefficient (Wildman–Crippen LogP) is 4.72. The average Bonchev–Trinajstić information content (AvgIpc) is 2.96. The fourth-order valence-corrected chi connectivity index (χ4v) is 4.38. The van der Waals surface area contributed by atoms with Crippen LogP contribution in [-0.4, -0.2) is 23.5 Å². The summed E-state index contributed by atoms with van der Waals surface area (Å²) in [6.07, 6.45) is 6.41. The fourth-order valence-electron chi connectivity index (χ4n) is 2.57. The van der Waals surface area contributed by atoms with E-state index >= 15 is 0 Å². The van der Waals surface area contributed by atoms with Crippen LogP contribution in [0, 0.1) is 0 Å². The number of thioether (sulfide) groups is 1. The van der Waals surface area contributed by atoms with Crippen molar-refractivity contribution in [3.8, 4) is 0 Å². The molecule has 5 heteroatoms. The van der Waals surface area contributed by atoms with Crippen molar-refractivity contribution in [2.45, 2.75) is 43.8 Å². The maximum atomic E-state index is 11.8. The van der Waals surface area contributed by atoms with Crippen LogP contribution in [0.25, 0.3) is 0 Å². The molecule has 0 bridgehead atoms. The van der Waals surface area contributed by atoms with Crippen LogP contribution in [0.1, 0.15) is 37.7 Å². The SMILES string of the molecule is O=C(CCc1c(Cl)cccc1Cl)NCCSC1CCCC1. The summed E-state index contributed by atoms with van der Waals surface area (Å²) < 4.78 is 0. The molecule has 1 amide bonds. The highest BCUT2D eigenvalue weighted by Crippen LogP contribution is 2.29. The number of carbonyl (C=O) groups is 1. The molecule has 1 N–H and O–H groups in total. The van der Waals surface area contributed by atoms with Gasteiger partial charge in [-0.3, -0.25) is 4.79 Å². The molecule has 1 aliphatic rings. The number of halogens is 2. The number of hydrogen-bond acceptors (Lipinski definition) is 2. The van der Waals surface area contributed by atoms with Crippen molar-refractivity contribution in [2.75, 3.05) is 12.3 Å². The highest BCUT2D eigenvalue weighted by Gasteiger charge is 2.14. The highest BCUT2D eigenvalue weighted by molar-refractivity contribution is 7.99. The van der Waals surface area contributed by atoms with Crippen molar-refractivity contribution < 1.29 is 4.79 Å². The summed E-state index contributed by atoms with van der Waals surface area (Å²) in [7, 11) is 0. The lowest BCUT2D eigenvalue weighted by Gasteiger charge is -2.10. The zero-order valence-corrected chi connectivity index (χ0v) is 14.4. The number of hydrogen-bond donors (Lipinski definition) is 1. The third-order valence-corrected chi connectivity index (χ3v) is 5.83. The number of rotatable bonds is 7. The van der Waals surface area contributed by atoms with Gasteiger partial charge in [0.2, 0.25) is 5.91 Å². The Hall–Kier alpha value is -0.380. The first-order valence-corrected chi connectivity index (χ1v) is 9.28. The Morgan fingerprint density at radius 3 is 2.57 bits per heavy atom. The normalized spacial score (nSPS) is 15.3. The second-order valence-corrected chi connectivity index (χ2v) is 7.55. The average molecular weight is 346 g/mol. The molecule has 21 heavy (non-hydrogen) atoms. The second-order valence-electron chi connectivity index (χ2n) is 5.33. The van der Waals surface area contributed by atoms with Gasteiger partial charge in [0.1, 0.15) is 0 Å². The summed E-state index contributed by atoms with van der Waals surface area (Å²) in [5.74, 6) is 1.07. The third-order valence-electron chi connectivity index (χ3n) is 3.74. The van der Waals surface area contributed by atoms with Crippen LogP contribution >= 0.6 is 35.0 Å². The van der Waals surface area contributed by atoms with Gasteiger partial charge in [-0.05, 0) is 37.0 Å². The van der Waals surface area contributed by atoms with Gasteiger partial charge in [-0.15, -0.1) is 0 Å². The number of carbonyl (C=O) groups excluding carboxylic acids is 1. The summed E-state index contributed by atoms with van der Waals surface area (Å²) in [5, 5.41) is 5.04. The molecule has 0 unspecified atom stereocenters. The molecule has 2 nitrogen and oxygen atoms in total. The van der Waals surface area contributed by atoms with Crippen molar-refractivity contribution in [3.63, 3.8) is 0 Å². The van der Waals surface area contributed by atoms with Gasteiger partial charge >= 0.3 is 0 Å². The largest absolute Gasteiger partial charge is 0.355 e. The maximum Gasteiger partial charge on any atom is 0.220 e. The van der Waals surface area contributed by atoms with Crippen molar-refractivity contribution in [2.24, 2.45) is 0 Å². The molecule has 0 atom stereocenters. The van der Waals surface area contributed by atoms with E-state index in [2.05, 4.69) is 5.32 Å². The molecule has 0 aromatic heterocycles. The Labute approximate surface area is 141 Å². The molecule has 0 aliphatic heterocycles. The van der Waals surface area contributed by atoms with E-state index < -0.39 is 0 Å². The zero-order valence-electron chi connectivity index (χ0n) is 12.0. The molecule has 1 aromatic rings. The van der Waals surface area contributed by atoms with E-state index in [0.29, 0.717) is 22.9 Å². The maximum absolute atomic E-state index is 11.8. The molecule has 0 saturated heterocycles. The molecule has 1 fully saturated rings. The number of benzene rings is 1. The van der Waals surface area contributed by atoms with Crippen LogP contribution in [-0.2, 0) is 11.2 Å². The molecule has 116 valence electrons. The number of nitrogens with one attached hydrogen (secondary N) is 1. The molecule has 0 spiro atoms. The Morgan fingerprint density at radius 2 is 1.90 bits per heavy atom. The van der Waals surface area contributed by atoms with Crippen LogP contribution in [0.4, 0.5) is 0 Å². The van der Waals surface area contributed by atoms with Gasteiger partial charge < -0.3 is 5.32 Å². The van der Waals surface area contributed by atoms with E-state index in [1.54, 1.807) is 12.1 Å².